The Morgan fingerprint density at radius 2 is 1.59 bits per heavy atom. The third-order valence-corrected chi connectivity index (χ3v) is 3.96. The quantitative estimate of drug-likeness (QED) is 0.425. The molecule has 2 rings (SSSR count). The molecule has 0 unspecified atom stereocenters. The molecular weight excluding hydrogens is 399 g/mol. The Bertz CT molecular complexity index is 897. The van der Waals surface area contributed by atoms with Crippen LogP contribution in [0.5, 0.6) is 0 Å². The van der Waals surface area contributed by atoms with Gasteiger partial charge in [0.05, 0.1) is 6.61 Å². The lowest BCUT2D eigenvalue weighted by Gasteiger charge is -2.35. The second-order valence-electron chi connectivity index (χ2n) is 5.96. The van der Waals surface area contributed by atoms with Gasteiger partial charge >= 0.3 is 17.8 Å². The Hall–Kier alpha value is -3.17. The minimum absolute atomic E-state index is 0.146. The van der Waals surface area contributed by atoms with Gasteiger partial charge in [0.2, 0.25) is 0 Å². The summed E-state index contributed by atoms with van der Waals surface area (Å²) in [7, 11) is 0. The van der Waals surface area contributed by atoms with Crippen molar-refractivity contribution in [3.05, 3.63) is 65.2 Å². The molecule has 1 amide bonds. The van der Waals surface area contributed by atoms with E-state index in [9.17, 15) is 31.5 Å². The normalized spacial score (nSPS) is 13.3. The van der Waals surface area contributed by atoms with Crippen molar-refractivity contribution in [1.29, 1.82) is 0 Å². The fraction of sp³-hybridized carbons (Fsp3) is 0.263. The number of esters is 1. The van der Waals surface area contributed by atoms with Gasteiger partial charge < -0.3 is 15.4 Å². The number of ether oxygens (including phenoxy) is 1. The van der Waals surface area contributed by atoms with Crippen LogP contribution >= 0.6 is 0 Å². The zero-order valence-corrected chi connectivity index (χ0v) is 15.4. The molecule has 0 bridgehead atoms. The van der Waals surface area contributed by atoms with Gasteiger partial charge in [-0.05, 0) is 37.6 Å². The first-order chi connectivity index (χ1) is 13.5. The first-order valence-corrected chi connectivity index (χ1v) is 8.37. The molecule has 0 aliphatic heterocycles. The number of carbonyl (C=O) groups is 2. The number of alkyl halides is 3. The van der Waals surface area contributed by atoms with E-state index in [0.717, 1.165) is 6.07 Å². The van der Waals surface area contributed by atoms with E-state index >= 15 is 0 Å². The second-order valence-corrected chi connectivity index (χ2v) is 5.96. The van der Waals surface area contributed by atoms with Gasteiger partial charge in [-0.2, -0.15) is 13.2 Å². The van der Waals surface area contributed by atoms with Crippen molar-refractivity contribution >= 4 is 17.6 Å². The minimum Gasteiger partial charge on any atom is -0.463 e. The molecule has 0 saturated heterocycles. The van der Waals surface area contributed by atoms with Gasteiger partial charge in [0, 0.05) is 5.69 Å². The number of rotatable bonds is 6. The number of hydrogen-bond acceptors (Lipinski definition) is 4. The Balaban J connectivity index is 2.60. The molecule has 0 aliphatic rings. The predicted molar refractivity (Wildman–Crippen MR) is 94.0 cm³/mol. The molecule has 0 spiro atoms. The summed E-state index contributed by atoms with van der Waals surface area (Å²) in [4.78, 5) is 24.8. The number of nitrogens with one attached hydrogen (secondary N) is 2. The molecule has 29 heavy (non-hydrogen) atoms. The summed E-state index contributed by atoms with van der Waals surface area (Å²) >= 11 is 0. The maximum atomic E-state index is 14.1. The number of hydrogen-bond donors (Lipinski definition) is 2. The third kappa shape index (κ3) is 4.47. The number of para-hydroxylation sites is 1. The fourth-order valence-electron chi connectivity index (χ4n) is 2.49. The average molecular weight is 416 g/mol. The molecule has 0 fully saturated rings. The summed E-state index contributed by atoms with van der Waals surface area (Å²) in [6, 6.07) is 8.00. The van der Waals surface area contributed by atoms with Crippen LogP contribution in [0.15, 0.2) is 42.5 Å². The van der Waals surface area contributed by atoms with Crippen LogP contribution in [-0.4, -0.2) is 30.3 Å². The van der Waals surface area contributed by atoms with Crippen LogP contribution in [0.25, 0.3) is 0 Å². The van der Waals surface area contributed by atoms with E-state index in [0.29, 0.717) is 17.7 Å². The van der Waals surface area contributed by atoms with Crippen LogP contribution < -0.4 is 10.6 Å². The number of amides is 1. The molecule has 2 N–H and O–H groups in total. The third-order valence-electron chi connectivity index (χ3n) is 3.96. The highest BCUT2D eigenvalue weighted by Crippen LogP contribution is 2.34. The Labute approximate surface area is 162 Å². The SMILES string of the molecule is CCOC(=O)[C@](NC(=O)c1c(F)cccc1F)(Nc1ccccc1C)C(F)(F)F. The first-order valence-electron chi connectivity index (χ1n) is 8.37. The fourth-order valence-corrected chi connectivity index (χ4v) is 2.49. The highest BCUT2D eigenvalue weighted by atomic mass is 19.4. The van der Waals surface area contributed by atoms with Crippen LogP contribution in [0, 0.1) is 18.6 Å². The van der Waals surface area contributed by atoms with Crippen molar-refractivity contribution in [2.45, 2.75) is 25.7 Å². The topological polar surface area (TPSA) is 67.4 Å². The van der Waals surface area contributed by atoms with Crippen LogP contribution in [0.3, 0.4) is 0 Å². The molecule has 0 aromatic heterocycles. The van der Waals surface area contributed by atoms with E-state index < -0.39 is 47.5 Å². The summed E-state index contributed by atoms with van der Waals surface area (Å²) in [6.07, 6.45) is -5.43. The zero-order valence-electron chi connectivity index (χ0n) is 15.4. The molecule has 0 radical (unpaired) electrons. The van der Waals surface area contributed by atoms with E-state index in [-0.39, 0.29) is 5.69 Å². The highest BCUT2D eigenvalue weighted by Gasteiger charge is 2.64. The zero-order chi connectivity index (χ0) is 21.8. The van der Waals surface area contributed by atoms with E-state index in [4.69, 9.17) is 0 Å². The van der Waals surface area contributed by atoms with E-state index in [1.54, 1.807) is 6.07 Å². The Kier molecular flexibility index (Phi) is 6.45. The molecule has 156 valence electrons. The van der Waals surface area contributed by atoms with Crippen molar-refractivity contribution in [3.63, 3.8) is 0 Å². The largest absolute Gasteiger partial charge is 0.463 e. The van der Waals surface area contributed by atoms with Gasteiger partial charge in [-0.15, -0.1) is 0 Å². The maximum absolute atomic E-state index is 14.1. The van der Waals surface area contributed by atoms with Gasteiger partial charge in [0.25, 0.3) is 5.91 Å². The van der Waals surface area contributed by atoms with Crippen molar-refractivity contribution < 1.29 is 36.3 Å². The summed E-state index contributed by atoms with van der Waals surface area (Å²) in [5, 5.41) is 3.35. The number of aryl methyl sites for hydroxylation is 1. The van der Waals surface area contributed by atoms with E-state index in [2.05, 4.69) is 4.74 Å². The molecular formula is C19H17F5N2O3. The lowest BCUT2D eigenvalue weighted by molar-refractivity contribution is -0.204. The smallest absolute Gasteiger partial charge is 0.441 e. The average Bonchev–Trinajstić information content (AvgIpc) is 2.62. The summed E-state index contributed by atoms with van der Waals surface area (Å²) < 4.78 is 74.5. The maximum Gasteiger partial charge on any atom is 0.441 e. The van der Waals surface area contributed by atoms with Crippen LogP contribution in [0.1, 0.15) is 22.8 Å². The number of carbonyl (C=O) groups excluding carboxylic acids is 2. The van der Waals surface area contributed by atoms with Crippen LogP contribution in [-0.2, 0) is 9.53 Å². The standard InChI is InChI=1S/C19H17F5N2O3/c1-3-29-17(28)18(19(22,23)24,25-14-10-5-4-7-11(14)2)26-16(27)15-12(20)8-6-9-13(15)21/h4-10,25H,3H2,1-2H3,(H,26,27)/t18-/m1/s1. The molecule has 2 aromatic carbocycles. The molecule has 1 atom stereocenters. The van der Waals surface area contributed by atoms with Crippen LogP contribution in [0.2, 0.25) is 0 Å². The second kappa shape index (κ2) is 8.46. The van der Waals surface area contributed by atoms with Gasteiger partial charge in [0.1, 0.15) is 17.2 Å². The molecule has 0 saturated carbocycles. The van der Waals surface area contributed by atoms with E-state index in [1.165, 1.54) is 37.4 Å². The van der Waals surface area contributed by atoms with Crippen molar-refractivity contribution in [2.24, 2.45) is 0 Å². The summed E-state index contributed by atoms with van der Waals surface area (Å²) in [6.45, 7) is 2.30. The molecule has 0 aliphatic carbocycles. The van der Waals surface area contributed by atoms with Crippen molar-refractivity contribution in [2.75, 3.05) is 11.9 Å². The predicted octanol–water partition coefficient (Wildman–Crippen LogP) is 3.94. The minimum atomic E-state index is -5.43. The van der Waals surface area contributed by atoms with Gasteiger partial charge in [-0.1, -0.05) is 24.3 Å². The summed E-state index contributed by atoms with van der Waals surface area (Å²) in [5.74, 6) is -6.45. The summed E-state index contributed by atoms with van der Waals surface area (Å²) in [5.41, 5.74) is -4.89. The van der Waals surface area contributed by atoms with Crippen molar-refractivity contribution in [3.8, 4) is 0 Å². The molecule has 2 aromatic rings. The Morgan fingerprint density at radius 3 is 2.10 bits per heavy atom. The van der Waals surface area contributed by atoms with Gasteiger partial charge in [-0.3, -0.25) is 4.79 Å². The van der Waals surface area contributed by atoms with Gasteiger partial charge in [-0.25, -0.2) is 13.6 Å². The number of anilines is 1. The van der Waals surface area contributed by atoms with E-state index in [1.807, 2.05) is 5.32 Å². The first kappa shape index (κ1) is 22.1. The van der Waals surface area contributed by atoms with Crippen molar-refractivity contribution in [1.82, 2.24) is 5.32 Å². The highest BCUT2D eigenvalue weighted by molar-refractivity contribution is 6.00. The molecule has 0 heterocycles. The van der Waals surface area contributed by atoms with Crippen LogP contribution in [0.4, 0.5) is 27.6 Å². The van der Waals surface area contributed by atoms with Gasteiger partial charge in [0.15, 0.2) is 0 Å². The monoisotopic (exact) mass is 416 g/mol. The number of halogens is 5. The number of benzene rings is 2. The molecule has 10 heteroatoms. The lowest BCUT2D eigenvalue weighted by Crippen LogP contribution is -2.69. The molecule has 5 nitrogen and oxygen atoms in total. The lowest BCUT2D eigenvalue weighted by atomic mass is 10.1. The Morgan fingerprint density at radius 1 is 1.00 bits per heavy atom.